The van der Waals surface area contributed by atoms with Crippen molar-refractivity contribution >= 4 is 87.9 Å². The van der Waals surface area contributed by atoms with Gasteiger partial charge < -0.3 is 68.6 Å². The number of sulfone groups is 1. The van der Waals surface area contributed by atoms with E-state index in [-0.39, 0.29) is 42.3 Å². The molecule has 9 N–H and O–H groups in total. The molecule has 460 valence electrons. The number of hydrogen-bond acceptors (Lipinski definition) is 14. The second-order valence-electron chi connectivity index (χ2n) is 17.2. The van der Waals surface area contributed by atoms with Crippen LogP contribution in [0.3, 0.4) is 0 Å². The molecule has 0 aliphatic carbocycles. The average molecular weight is 1320 g/mol. The zero-order valence-corrected chi connectivity index (χ0v) is 49.3. The number of carbonyl (C=O) groups is 2. The summed E-state index contributed by atoms with van der Waals surface area (Å²) in [7, 11) is 2.41. The average Bonchev–Trinajstić information content (AvgIpc) is 3.36. The maximum absolute atomic E-state index is 12.9. The normalized spacial score (nSPS) is 15.8. The lowest BCUT2D eigenvalue weighted by Crippen LogP contribution is -3.09. The van der Waals surface area contributed by atoms with Gasteiger partial charge in [0, 0.05) is 76.6 Å². The highest BCUT2D eigenvalue weighted by molar-refractivity contribution is 8.13. The number of carboxylic acids is 2. The Kier molecular flexibility index (Phi) is 36.3. The van der Waals surface area contributed by atoms with Crippen molar-refractivity contribution in [2.45, 2.75) is 60.9 Å². The summed E-state index contributed by atoms with van der Waals surface area (Å²) in [4.78, 5) is 21.7. The Balaban J connectivity index is 0.00000113. The number of fused-ring (bicyclic) bond motifs is 2. The predicted molar refractivity (Wildman–Crippen MR) is 296 cm³/mol. The van der Waals surface area contributed by atoms with Crippen LogP contribution in [-0.4, -0.2) is 162 Å². The standard InChI is InChI=1S/C23H30Cl2N2O4S.C16H14Cl3NO2S.C6H16N2O2.2C2HF3O2.CH4.ClH/c1-27-15-21(20-13-18(24)14-23(25)22(20)16-27)17-4-2-5-19(12-17)32(28,29)11-3-7-30-9-10-31-8-6-26;1-20-8-14(10-3-2-4-12(5-10)23(19,21)22)13-6-11(17)7-16(18)15(13)9-20;7-1-3-9-5-6-10-4-2-8;2*3-2(4,5)1(6)7;;/h2,4-5,12-14,21H,3,6-11,15-16,26H2,1H3;2-7,14H,8-9H2,1H3;1-8H2;2*(H,6,7);1H4;1H/t21-;14-;;;;;/m00...../s1. The van der Waals surface area contributed by atoms with Crippen LogP contribution in [-0.2, 0) is 60.5 Å². The number of nitrogens with two attached hydrogens (primary N) is 3. The van der Waals surface area contributed by atoms with Crippen LogP contribution >= 0.6 is 57.1 Å². The first-order chi connectivity index (χ1) is 36.9. The topological polar surface area (TPSA) is 266 Å². The largest absolute Gasteiger partial charge is 1.00 e. The number of likely N-dealkylation sites (N-methyl/N-ethyl adjacent to an activating group) is 2. The highest BCUT2D eigenvalue weighted by Crippen LogP contribution is 2.39. The minimum absolute atomic E-state index is 0. The molecular weight excluding hydrogens is 1250 g/mol. The quantitative estimate of drug-likeness (QED) is 0.0400. The number of halogens is 12. The molecule has 2 heterocycles. The lowest BCUT2D eigenvalue weighted by Gasteiger charge is -2.33. The Bertz CT molecular complexity index is 2770. The van der Waals surface area contributed by atoms with Gasteiger partial charge in [0.1, 0.15) is 6.54 Å². The number of benzene rings is 4. The van der Waals surface area contributed by atoms with E-state index < -0.39 is 43.2 Å². The van der Waals surface area contributed by atoms with Crippen molar-refractivity contribution in [3.8, 4) is 0 Å². The molecule has 1 unspecified atom stereocenters. The summed E-state index contributed by atoms with van der Waals surface area (Å²) >= 11 is 25.3. The van der Waals surface area contributed by atoms with Crippen LogP contribution < -0.4 is 34.5 Å². The Morgan fingerprint density at radius 1 is 0.654 bits per heavy atom. The van der Waals surface area contributed by atoms with E-state index in [1.807, 2.05) is 31.3 Å². The molecule has 4 aromatic carbocycles. The number of nitrogens with zero attached hydrogens (tertiary/aromatic N) is 1. The summed E-state index contributed by atoms with van der Waals surface area (Å²) in [5.74, 6) is -5.47. The summed E-state index contributed by atoms with van der Waals surface area (Å²) < 4.78 is 133. The van der Waals surface area contributed by atoms with Crippen LogP contribution in [0, 0.1) is 0 Å². The predicted octanol–water partition coefficient (Wildman–Crippen LogP) is 4.65. The fraction of sp³-hybridized carbons (Fsp3) is 0.480. The third kappa shape index (κ3) is 28.4. The summed E-state index contributed by atoms with van der Waals surface area (Å²) in [6.45, 7) is 8.90. The molecule has 31 heteroatoms. The van der Waals surface area contributed by atoms with Gasteiger partial charge >= 0.3 is 24.3 Å². The van der Waals surface area contributed by atoms with E-state index in [1.165, 1.54) is 11.0 Å². The molecule has 0 spiro atoms. The molecule has 0 aromatic heterocycles. The maximum Gasteiger partial charge on any atom is 0.490 e. The molecule has 0 saturated heterocycles. The van der Waals surface area contributed by atoms with Crippen LogP contribution in [0.4, 0.5) is 26.3 Å². The smallest absolute Gasteiger partial charge is 0.490 e. The first-order valence-electron chi connectivity index (χ1n) is 23.7. The van der Waals surface area contributed by atoms with E-state index in [9.17, 15) is 43.2 Å². The molecule has 81 heavy (non-hydrogen) atoms. The molecule has 0 fully saturated rings. The van der Waals surface area contributed by atoms with Crippen LogP contribution in [0.1, 0.15) is 59.1 Å². The Hall–Kier alpha value is -3.32. The van der Waals surface area contributed by atoms with Crippen LogP contribution in [0.15, 0.2) is 82.6 Å². The summed E-state index contributed by atoms with van der Waals surface area (Å²) in [5.41, 5.74) is 21.8. The molecular formula is C50H67Cl6F6N5O12S2. The van der Waals surface area contributed by atoms with Crippen molar-refractivity contribution in [1.29, 1.82) is 0 Å². The first-order valence-corrected chi connectivity index (χ1v) is 29.2. The Morgan fingerprint density at radius 2 is 1.05 bits per heavy atom. The van der Waals surface area contributed by atoms with Crippen LogP contribution in [0.2, 0.25) is 20.1 Å². The first kappa shape index (κ1) is 77.7. The highest BCUT2D eigenvalue weighted by atomic mass is 35.7. The number of alkyl halides is 6. The Morgan fingerprint density at radius 3 is 1.48 bits per heavy atom. The molecule has 0 bridgehead atoms. The number of quaternary nitrogens is 1. The zero-order valence-electron chi connectivity index (χ0n) is 43.1. The molecule has 0 saturated carbocycles. The number of hydrogen-bond donors (Lipinski definition) is 6. The van der Waals surface area contributed by atoms with E-state index in [1.54, 1.807) is 42.5 Å². The van der Waals surface area contributed by atoms with E-state index >= 15 is 0 Å². The molecule has 0 amide bonds. The fourth-order valence-electron chi connectivity index (χ4n) is 7.55. The van der Waals surface area contributed by atoms with Crippen LogP contribution in [0.5, 0.6) is 0 Å². The molecule has 6 rings (SSSR count). The van der Waals surface area contributed by atoms with Crippen LogP contribution in [0.25, 0.3) is 0 Å². The molecule has 0 radical (unpaired) electrons. The zero-order chi connectivity index (χ0) is 59.7. The molecule has 3 atom stereocenters. The molecule has 2 aliphatic heterocycles. The van der Waals surface area contributed by atoms with Gasteiger partial charge in [-0.1, -0.05) is 78.1 Å². The lowest BCUT2D eigenvalue weighted by atomic mass is 9.85. The summed E-state index contributed by atoms with van der Waals surface area (Å²) in [6, 6.07) is 21.3. The fourth-order valence-corrected chi connectivity index (χ4v) is 10.8. The maximum atomic E-state index is 12.9. The number of rotatable bonds is 20. The number of aliphatic carboxylic acids is 2. The van der Waals surface area contributed by atoms with Gasteiger partial charge in [0.2, 0.25) is 0 Å². The van der Waals surface area contributed by atoms with Crippen molar-refractivity contribution in [2.75, 3.05) is 105 Å². The van der Waals surface area contributed by atoms with Crippen molar-refractivity contribution in [2.24, 2.45) is 17.2 Å². The second kappa shape index (κ2) is 37.9. The van der Waals surface area contributed by atoms with Gasteiger partial charge in [-0.2, -0.15) is 26.3 Å². The molecule has 17 nitrogen and oxygen atoms in total. The van der Waals surface area contributed by atoms with Gasteiger partial charge in [-0.05, 0) is 89.8 Å². The Labute approximate surface area is 498 Å². The van der Waals surface area contributed by atoms with Crippen molar-refractivity contribution in [3.63, 3.8) is 0 Å². The van der Waals surface area contributed by atoms with Gasteiger partial charge in [-0.15, -0.1) is 0 Å². The van der Waals surface area contributed by atoms with E-state index in [0.717, 1.165) is 59.6 Å². The van der Waals surface area contributed by atoms with Crippen molar-refractivity contribution < 1.29 is 99.2 Å². The van der Waals surface area contributed by atoms with E-state index in [2.05, 4.69) is 11.9 Å². The van der Waals surface area contributed by atoms with Gasteiger partial charge in [0.05, 0.1) is 86.3 Å². The van der Waals surface area contributed by atoms with Gasteiger partial charge in [0.25, 0.3) is 9.05 Å². The van der Waals surface area contributed by atoms with Crippen molar-refractivity contribution in [3.05, 3.63) is 126 Å². The molecule has 4 aromatic rings. The second-order valence-corrected chi connectivity index (χ2v) is 23.6. The van der Waals surface area contributed by atoms with Crippen molar-refractivity contribution in [1.82, 2.24) is 4.90 Å². The lowest BCUT2D eigenvalue weighted by molar-refractivity contribution is -0.897. The third-order valence-corrected chi connectivity index (χ3v) is 15.2. The minimum Gasteiger partial charge on any atom is -1.00 e. The minimum atomic E-state index is -5.08. The summed E-state index contributed by atoms with van der Waals surface area (Å²) in [6.07, 6.45) is -9.75. The number of nitrogens with one attached hydrogen (secondary N) is 1. The third-order valence-electron chi connectivity index (χ3n) is 11.0. The summed E-state index contributed by atoms with van der Waals surface area (Å²) in [5, 5.41) is 16.7. The van der Waals surface area contributed by atoms with Gasteiger partial charge in [-0.3, -0.25) is 0 Å². The number of ether oxygens (including phenoxy) is 4. The number of carboxylic acid groups (broad SMARTS) is 2. The molecule has 2 aliphatic rings. The van der Waals surface area contributed by atoms with Gasteiger partial charge in [-0.25, -0.2) is 26.4 Å². The monoisotopic (exact) mass is 1320 g/mol. The SMILES string of the molecule is C.CN1Cc2c(Cl)cc(Cl)cc2[C@H](c2cccc(S(=O)(=O)CCCOCCOCCN)c2)C1.C[NH+]1Cc2c(Cl)cc(Cl)cc2[C@H](c2cccc(S(=O)(=O)Cl)c2)C1.NCCOCCOCCN.O=C(O)C(F)(F)F.O=C(O)C(F)(F)F.[Cl-]. The highest BCUT2D eigenvalue weighted by Gasteiger charge is 2.39. The van der Waals surface area contributed by atoms with E-state index in [0.29, 0.717) is 104 Å². The van der Waals surface area contributed by atoms with Gasteiger partial charge in [0.15, 0.2) is 9.84 Å². The van der Waals surface area contributed by atoms with E-state index in [4.69, 9.17) is 113 Å².